The van der Waals surface area contributed by atoms with Crippen molar-refractivity contribution >= 4 is 28.8 Å². The molecule has 3 rings (SSSR count). The van der Waals surface area contributed by atoms with Crippen LogP contribution in [0.3, 0.4) is 0 Å². The smallest absolute Gasteiger partial charge is 0.336 e. The maximum absolute atomic E-state index is 12.8. The molecule has 0 aliphatic heterocycles. The van der Waals surface area contributed by atoms with Gasteiger partial charge in [-0.05, 0) is 23.6 Å². The molecule has 0 saturated heterocycles. The highest BCUT2D eigenvalue weighted by Crippen LogP contribution is 2.26. The Hall–Kier alpha value is -2.22. The number of thiophene rings is 1. The van der Waals surface area contributed by atoms with Gasteiger partial charge >= 0.3 is 6.01 Å². The Labute approximate surface area is 147 Å². The molecule has 0 amide bonds. The molecule has 0 aliphatic rings. The molecule has 0 radical (unpaired) electrons. The summed E-state index contributed by atoms with van der Waals surface area (Å²) in [5.41, 5.74) is 0.352. The van der Waals surface area contributed by atoms with Gasteiger partial charge in [0.1, 0.15) is 6.61 Å². The summed E-state index contributed by atoms with van der Waals surface area (Å²) >= 11 is 7.59. The van der Waals surface area contributed by atoms with Crippen molar-refractivity contribution in [1.29, 1.82) is 0 Å². The molecule has 0 saturated carbocycles. The van der Waals surface area contributed by atoms with Crippen molar-refractivity contribution in [3.05, 3.63) is 52.4 Å². The molecule has 2 heterocycles. The van der Waals surface area contributed by atoms with E-state index in [9.17, 15) is 4.79 Å². The molecule has 0 bridgehead atoms. The topological polar surface area (TPSA) is 66.2 Å². The van der Waals surface area contributed by atoms with Gasteiger partial charge in [-0.1, -0.05) is 29.8 Å². The lowest BCUT2D eigenvalue weighted by molar-refractivity contribution is 0.0943. The van der Waals surface area contributed by atoms with Crippen LogP contribution in [0.4, 0.5) is 0 Å². The quantitative estimate of drug-likeness (QED) is 0.628. The number of halogens is 1. The third kappa shape index (κ3) is 3.48. The largest absolute Gasteiger partial charge is 0.460 e. The first-order chi connectivity index (χ1) is 11.7. The first-order valence-electron chi connectivity index (χ1n) is 7.12. The zero-order valence-corrected chi connectivity index (χ0v) is 14.4. The van der Waals surface area contributed by atoms with Crippen molar-refractivity contribution in [1.82, 2.24) is 14.8 Å². The standard InChI is InChI=1S/C16H14ClN3O3S/c1-22-8-9-23-16-18-14(13-7-4-10-24-13)20(19-16)15(21)11-5-2-3-6-12(11)17/h2-7,10H,8-9H2,1H3. The maximum Gasteiger partial charge on any atom is 0.336 e. The molecule has 0 unspecified atom stereocenters. The van der Waals surface area contributed by atoms with Crippen molar-refractivity contribution in [2.45, 2.75) is 0 Å². The predicted octanol–water partition coefficient (Wildman–Crippen LogP) is 3.37. The molecule has 0 aliphatic carbocycles. The van der Waals surface area contributed by atoms with E-state index in [2.05, 4.69) is 10.1 Å². The first kappa shape index (κ1) is 16.6. The minimum Gasteiger partial charge on any atom is -0.460 e. The van der Waals surface area contributed by atoms with Crippen LogP contribution >= 0.6 is 22.9 Å². The molecule has 6 nitrogen and oxygen atoms in total. The average Bonchev–Trinajstić information content (AvgIpc) is 3.24. The Morgan fingerprint density at radius 1 is 1.25 bits per heavy atom. The van der Waals surface area contributed by atoms with Crippen LogP contribution in [0.1, 0.15) is 10.4 Å². The fraction of sp³-hybridized carbons (Fsp3) is 0.188. The Morgan fingerprint density at radius 2 is 2.08 bits per heavy atom. The molecule has 0 N–H and O–H groups in total. The van der Waals surface area contributed by atoms with Crippen LogP contribution in [0.5, 0.6) is 6.01 Å². The fourth-order valence-corrected chi connectivity index (χ4v) is 2.94. The number of carbonyl (C=O) groups excluding carboxylic acids is 1. The highest BCUT2D eigenvalue weighted by atomic mass is 35.5. The number of ether oxygens (including phenoxy) is 2. The van der Waals surface area contributed by atoms with Crippen LogP contribution in [0, 0.1) is 0 Å². The zero-order valence-electron chi connectivity index (χ0n) is 12.8. The lowest BCUT2D eigenvalue weighted by Crippen LogP contribution is -2.15. The molecule has 24 heavy (non-hydrogen) atoms. The number of rotatable bonds is 6. The van der Waals surface area contributed by atoms with E-state index < -0.39 is 0 Å². The summed E-state index contributed by atoms with van der Waals surface area (Å²) in [6, 6.07) is 10.7. The van der Waals surface area contributed by atoms with E-state index in [0.29, 0.717) is 29.6 Å². The van der Waals surface area contributed by atoms with Crippen LogP contribution in [0.15, 0.2) is 41.8 Å². The second-order valence-electron chi connectivity index (χ2n) is 4.73. The molecule has 124 valence electrons. The number of benzene rings is 1. The molecular weight excluding hydrogens is 350 g/mol. The molecule has 0 atom stereocenters. The van der Waals surface area contributed by atoms with E-state index in [-0.39, 0.29) is 11.9 Å². The molecule has 0 fully saturated rings. The zero-order chi connectivity index (χ0) is 16.9. The number of hydrogen-bond acceptors (Lipinski definition) is 6. The number of methoxy groups -OCH3 is 1. The third-order valence-electron chi connectivity index (χ3n) is 3.14. The van der Waals surface area contributed by atoms with Crippen LogP contribution < -0.4 is 4.74 Å². The highest BCUT2D eigenvalue weighted by Gasteiger charge is 2.22. The van der Waals surface area contributed by atoms with Gasteiger partial charge in [0.25, 0.3) is 5.91 Å². The van der Waals surface area contributed by atoms with E-state index in [0.717, 1.165) is 4.88 Å². The second-order valence-corrected chi connectivity index (χ2v) is 6.09. The van der Waals surface area contributed by atoms with Crippen molar-refractivity contribution in [2.24, 2.45) is 0 Å². The summed E-state index contributed by atoms with van der Waals surface area (Å²) in [6.45, 7) is 0.700. The number of aromatic nitrogens is 3. The van der Waals surface area contributed by atoms with Gasteiger partial charge in [0, 0.05) is 7.11 Å². The van der Waals surface area contributed by atoms with Gasteiger partial charge in [-0.15, -0.1) is 16.4 Å². The number of carbonyl (C=O) groups is 1. The molecule has 2 aromatic heterocycles. The fourth-order valence-electron chi connectivity index (χ4n) is 2.03. The average molecular weight is 364 g/mol. The molecule has 3 aromatic rings. The van der Waals surface area contributed by atoms with Gasteiger partial charge in [-0.3, -0.25) is 4.79 Å². The van der Waals surface area contributed by atoms with Gasteiger partial charge in [-0.2, -0.15) is 9.67 Å². The normalized spacial score (nSPS) is 10.8. The van der Waals surface area contributed by atoms with Crippen molar-refractivity contribution in [3.8, 4) is 16.7 Å². The Morgan fingerprint density at radius 3 is 2.79 bits per heavy atom. The molecule has 8 heteroatoms. The van der Waals surface area contributed by atoms with Gasteiger partial charge in [0.15, 0.2) is 5.82 Å². The van der Waals surface area contributed by atoms with E-state index in [1.165, 1.54) is 16.0 Å². The maximum atomic E-state index is 12.8. The summed E-state index contributed by atoms with van der Waals surface area (Å²) in [5, 5.41) is 6.44. The lowest BCUT2D eigenvalue weighted by atomic mass is 10.2. The minimum absolute atomic E-state index is 0.121. The van der Waals surface area contributed by atoms with Crippen LogP contribution in [0.2, 0.25) is 5.02 Å². The monoisotopic (exact) mass is 363 g/mol. The molecule has 1 aromatic carbocycles. The van der Waals surface area contributed by atoms with Crippen LogP contribution in [-0.2, 0) is 4.74 Å². The predicted molar refractivity (Wildman–Crippen MR) is 91.9 cm³/mol. The van der Waals surface area contributed by atoms with Crippen molar-refractivity contribution in [3.63, 3.8) is 0 Å². The van der Waals surface area contributed by atoms with Gasteiger partial charge in [0.2, 0.25) is 0 Å². The van der Waals surface area contributed by atoms with Crippen LogP contribution in [-0.4, -0.2) is 41.0 Å². The SMILES string of the molecule is COCCOc1nc(-c2cccs2)n(C(=O)c2ccccc2Cl)n1. The lowest BCUT2D eigenvalue weighted by Gasteiger charge is -2.04. The summed E-state index contributed by atoms with van der Waals surface area (Å²) in [6.07, 6.45) is 0. The van der Waals surface area contributed by atoms with Gasteiger partial charge in [-0.25, -0.2) is 0 Å². The van der Waals surface area contributed by atoms with Crippen molar-refractivity contribution < 1.29 is 14.3 Å². The Kier molecular flexibility index (Phi) is 5.24. The van der Waals surface area contributed by atoms with Gasteiger partial charge in [0.05, 0.1) is 22.1 Å². The Bertz CT molecular complexity index is 833. The number of hydrogen-bond donors (Lipinski definition) is 0. The summed E-state index contributed by atoms with van der Waals surface area (Å²) < 4.78 is 11.6. The van der Waals surface area contributed by atoms with Crippen molar-refractivity contribution in [2.75, 3.05) is 20.3 Å². The van der Waals surface area contributed by atoms with E-state index in [1.807, 2.05) is 17.5 Å². The third-order valence-corrected chi connectivity index (χ3v) is 4.34. The summed E-state index contributed by atoms with van der Waals surface area (Å²) in [5.74, 6) is 0.0560. The van der Waals surface area contributed by atoms with E-state index >= 15 is 0 Å². The number of nitrogens with zero attached hydrogens (tertiary/aromatic N) is 3. The molecular formula is C16H14ClN3O3S. The highest BCUT2D eigenvalue weighted by molar-refractivity contribution is 7.13. The summed E-state index contributed by atoms with van der Waals surface area (Å²) in [7, 11) is 1.58. The van der Waals surface area contributed by atoms with E-state index in [1.54, 1.807) is 31.4 Å². The Balaban J connectivity index is 1.99. The minimum atomic E-state index is -0.363. The van der Waals surface area contributed by atoms with Crippen LogP contribution in [0.25, 0.3) is 10.7 Å². The molecule has 0 spiro atoms. The van der Waals surface area contributed by atoms with Gasteiger partial charge < -0.3 is 9.47 Å². The first-order valence-corrected chi connectivity index (χ1v) is 8.38. The summed E-state index contributed by atoms with van der Waals surface area (Å²) in [4.78, 5) is 18.0. The van der Waals surface area contributed by atoms with E-state index in [4.69, 9.17) is 21.1 Å². The second kappa shape index (κ2) is 7.57.